The second-order valence-corrected chi connectivity index (χ2v) is 6.54. The highest BCUT2D eigenvalue weighted by Crippen LogP contribution is 2.52. The summed E-state index contributed by atoms with van der Waals surface area (Å²) in [5.74, 6) is 0. The topological polar surface area (TPSA) is 29.3 Å². The second kappa shape index (κ2) is 3.99. The van der Waals surface area contributed by atoms with Gasteiger partial charge in [-0.25, -0.2) is 0 Å². The van der Waals surface area contributed by atoms with Gasteiger partial charge in [0.1, 0.15) is 0 Å². The van der Waals surface area contributed by atoms with Crippen LogP contribution < -0.4 is 5.73 Å². The van der Waals surface area contributed by atoms with Gasteiger partial charge in [-0.2, -0.15) is 0 Å². The lowest BCUT2D eigenvalue weighted by Crippen LogP contribution is -2.49. The lowest BCUT2D eigenvalue weighted by molar-refractivity contribution is 0.0977. The molecule has 2 nitrogen and oxygen atoms in total. The van der Waals surface area contributed by atoms with E-state index in [9.17, 15) is 0 Å². The number of hydrogen-bond acceptors (Lipinski definition) is 2. The Balaban J connectivity index is 1.63. The van der Waals surface area contributed by atoms with Crippen LogP contribution in [0.2, 0.25) is 0 Å². The summed E-state index contributed by atoms with van der Waals surface area (Å²) in [6, 6.07) is 2.17. The summed E-state index contributed by atoms with van der Waals surface area (Å²) in [5, 5.41) is 0. The van der Waals surface area contributed by atoms with Crippen LogP contribution in [0.1, 0.15) is 58.3 Å². The molecule has 2 heteroatoms. The van der Waals surface area contributed by atoms with Crippen LogP contribution in [0.25, 0.3) is 0 Å². The van der Waals surface area contributed by atoms with Crippen molar-refractivity contribution in [3.05, 3.63) is 0 Å². The molecule has 0 aromatic heterocycles. The van der Waals surface area contributed by atoms with E-state index >= 15 is 0 Å². The van der Waals surface area contributed by atoms with E-state index < -0.39 is 0 Å². The monoisotopic (exact) mass is 222 g/mol. The third kappa shape index (κ3) is 1.91. The van der Waals surface area contributed by atoms with Crippen LogP contribution in [0, 0.1) is 5.41 Å². The molecular formula is C14H26N2. The Morgan fingerprint density at radius 1 is 1.19 bits per heavy atom. The van der Waals surface area contributed by atoms with Gasteiger partial charge >= 0.3 is 0 Å². The first-order valence-corrected chi connectivity index (χ1v) is 7.24. The number of hydrogen-bond donors (Lipinski definition) is 1. The molecule has 3 rings (SSSR count). The van der Waals surface area contributed by atoms with Crippen LogP contribution in [-0.2, 0) is 0 Å². The van der Waals surface area contributed by atoms with Crippen molar-refractivity contribution in [2.24, 2.45) is 11.1 Å². The van der Waals surface area contributed by atoms with Gasteiger partial charge in [0, 0.05) is 24.7 Å². The van der Waals surface area contributed by atoms with Crippen LogP contribution in [0.5, 0.6) is 0 Å². The van der Waals surface area contributed by atoms with E-state index in [1.54, 1.807) is 0 Å². The largest absolute Gasteiger partial charge is 0.328 e. The van der Waals surface area contributed by atoms with Crippen molar-refractivity contribution in [3.8, 4) is 0 Å². The van der Waals surface area contributed by atoms with Crippen LogP contribution >= 0.6 is 0 Å². The zero-order valence-corrected chi connectivity index (χ0v) is 10.6. The minimum absolute atomic E-state index is 0.495. The summed E-state index contributed by atoms with van der Waals surface area (Å²) in [5.41, 5.74) is 6.86. The van der Waals surface area contributed by atoms with E-state index in [-0.39, 0.29) is 0 Å². The molecule has 16 heavy (non-hydrogen) atoms. The Bertz CT molecular complexity index is 245. The lowest BCUT2D eigenvalue weighted by Gasteiger charge is -2.40. The predicted octanol–water partition coefficient (Wildman–Crippen LogP) is 2.52. The van der Waals surface area contributed by atoms with Crippen LogP contribution in [0.3, 0.4) is 0 Å². The van der Waals surface area contributed by atoms with E-state index in [0.29, 0.717) is 6.04 Å². The summed E-state index contributed by atoms with van der Waals surface area (Å²) in [6.45, 7) is 3.73. The molecule has 2 unspecified atom stereocenters. The molecule has 2 aliphatic heterocycles. The molecule has 1 saturated carbocycles. The molecule has 0 aromatic rings. The van der Waals surface area contributed by atoms with Gasteiger partial charge in [-0.15, -0.1) is 0 Å². The molecule has 2 heterocycles. The van der Waals surface area contributed by atoms with Gasteiger partial charge in [0.25, 0.3) is 0 Å². The van der Waals surface area contributed by atoms with E-state index in [0.717, 1.165) is 17.5 Å². The van der Waals surface area contributed by atoms with E-state index in [1.165, 1.54) is 57.9 Å². The summed E-state index contributed by atoms with van der Waals surface area (Å²) in [6.07, 6.45) is 11.2. The molecule has 2 N–H and O–H groups in total. The molecule has 3 aliphatic rings. The van der Waals surface area contributed by atoms with Gasteiger partial charge in [-0.3, -0.25) is 4.90 Å². The lowest BCUT2D eigenvalue weighted by atomic mass is 9.93. The van der Waals surface area contributed by atoms with Gasteiger partial charge in [0.05, 0.1) is 0 Å². The quantitative estimate of drug-likeness (QED) is 0.792. The van der Waals surface area contributed by atoms with Crippen molar-refractivity contribution in [1.29, 1.82) is 0 Å². The van der Waals surface area contributed by atoms with Gasteiger partial charge in [-0.1, -0.05) is 13.3 Å². The highest BCUT2D eigenvalue weighted by molar-refractivity contribution is 5.02. The minimum atomic E-state index is 0.495. The molecule has 2 atom stereocenters. The highest BCUT2D eigenvalue weighted by atomic mass is 15.2. The molecular weight excluding hydrogens is 196 g/mol. The fourth-order valence-electron chi connectivity index (χ4n) is 4.16. The smallest absolute Gasteiger partial charge is 0.0114 e. The molecule has 3 fully saturated rings. The Morgan fingerprint density at radius 2 is 1.81 bits per heavy atom. The first-order chi connectivity index (χ1) is 7.72. The number of nitrogens with zero attached hydrogens (tertiary/aromatic N) is 1. The third-order valence-electron chi connectivity index (χ3n) is 5.18. The van der Waals surface area contributed by atoms with Gasteiger partial charge in [-0.05, 0) is 50.4 Å². The first kappa shape index (κ1) is 11.0. The maximum absolute atomic E-state index is 6.13. The minimum Gasteiger partial charge on any atom is -0.328 e. The Hall–Kier alpha value is -0.0800. The summed E-state index contributed by atoms with van der Waals surface area (Å²) < 4.78 is 0. The number of rotatable bonds is 4. The van der Waals surface area contributed by atoms with E-state index in [4.69, 9.17) is 5.73 Å². The fraction of sp³-hybridized carbons (Fsp3) is 1.00. The van der Waals surface area contributed by atoms with E-state index in [1.807, 2.05) is 0 Å². The molecule has 0 aromatic carbocycles. The Kier molecular flexibility index (Phi) is 2.75. The molecule has 1 aliphatic carbocycles. The molecule has 0 radical (unpaired) electrons. The normalized spacial score (nSPS) is 41.2. The predicted molar refractivity (Wildman–Crippen MR) is 67.3 cm³/mol. The molecule has 92 valence electrons. The van der Waals surface area contributed by atoms with Crippen molar-refractivity contribution >= 4 is 0 Å². The Morgan fingerprint density at radius 3 is 2.31 bits per heavy atom. The first-order valence-electron chi connectivity index (χ1n) is 7.24. The molecule has 0 spiro atoms. The second-order valence-electron chi connectivity index (χ2n) is 6.54. The van der Waals surface area contributed by atoms with Crippen molar-refractivity contribution in [3.63, 3.8) is 0 Å². The van der Waals surface area contributed by atoms with Crippen molar-refractivity contribution in [2.45, 2.75) is 76.4 Å². The van der Waals surface area contributed by atoms with Crippen molar-refractivity contribution in [2.75, 3.05) is 6.54 Å². The average molecular weight is 222 g/mol. The zero-order chi connectivity index (χ0) is 11.2. The van der Waals surface area contributed by atoms with Crippen LogP contribution in [0.15, 0.2) is 0 Å². The maximum Gasteiger partial charge on any atom is 0.0114 e. The molecule has 0 amide bonds. The zero-order valence-electron chi connectivity index (χ0n) is 10.6. The molecule has 2 saturated heterocycles. The standard InChI is InChI=1S/C14H26N2/c1-2-5-14(6-7-14)10-16-12-3-4-13(16)9-11(15)8-12/h11-13H,2-10,15H2,1H3. The van der Waals surface area contributed by atoms with Crippen molar-refractivity contribution < 1.29 is 0 Å². The SMILES string of the molecule is CCCC1(CN2C3CCC2CC(N)C3)CC1. The average Bonchev–Trinajstić information content (AvgIpc) is 2.94. The number of nitrogens with two attached hydrogens (primary N) is 1. The Labute approximate surface area is 99.6 Å². The van der Waals surface area contributed by atoms with Crippen LogP contribution in [-0.4, -0.2) is 29.6 Å². The van der Waals surface area contributed by atoms with Crippen LogP contribution in [0.4, 0.5) is 0 Å². The highest BCUT2D eigenvalue weighted by Gasteiger charge is 2.48. The number of piperidine rings is 1. The fourth-order valence-corrected chi connectivity index (χ4v) is 4.16. The summed E-state index contributed by atoms with van der Waals surface area (Å²) >= 11 is 0. The van der Waals surface area contributed by atoms with E-state index in [2.05, 4.69) is 11.8 Å². The van der Waals surface area contributed by atoms with Gasteiger partial charge in [0.2, 0.25) is 0 Å². The summed E-state index contributed by atoms with van der Waals surface area (Å²) in [7, 11) is 0. The van der Waals surface area contributed by atoms with Gasteiger partial charge in [0.15, 0.2) is 0 Å². The van der Waals surface area contributed by atoms with Crippen molar-refractivity contribution in [1.82, 2.24) is 4.90 Å². The third-order valence-corrected chi connectivity index (χ3v) is 5.18. The number of fused-ring (bicyclic) bond motifs is 2. The van der Waals surface area contributed by atoms with Gasteiger partial charge < -0.3 is 5.73 Å². The summed E-state index contributed by atoms with van der Waals surface area (Å²) in [4.78, 5) is 2.84. The maximum atomic E-state index is 6.13. The molecule has 2 bridgehead atoms.